The minimum absolute atomic E-state index is 0. The lowest BCUT2D eigenvalue weighted by atomic mass is 10.1. The van der Waals surface area contributed by atoms with Crippen LogP contribution in [0.5, 0.6) is 0 Å². The Morgan fingerprint density at radius 3 is 2.35 bits per heavy atom. The first-order valence-corrected chi connectivity index (χ1v) is 5.51. The maximum Gasteiger partial charge on any atom is -0.0109 e. The predicted octanol–water partition coefficient (Wildman–Crippen LogP) is 4.10. The van der Waals surface area contributed by atoms with E-state index < -0.39 is 0 Å². The Kier molecular flexibility index (Phi) is 6.27. The molecule has 0 atom stereocenters. The van der Waals surface area contributed by atoms with Crippen LogP contribution in [0.2, 0.25) is 0 Å². The first-order valence-electron chi connectivity index (χ1n) is 5.51. The first kappa shape index (κ1) is 15.4. The van der Waals surface area contributed by atoms with Crippen molar-refractivity contribution < 1.29 is 0 Å². The van der Waals surface area contributed by atoms with Crippen molar-refractivity contribution >= 4 is 22.9 Å². The van der Waals surface area contributed by atoms with E-state index in [1.54, 1.807) is 0 Å². The van der Waals surface area contributed by atoms with Crippen LogP contribution in [-0.4, -0.2) is 0 Å². The number of rotatable bonds is 1. The second-order valence-corrected chi connectivity index (χ2v) is 3.69. The molecule has 0 saturated carbocycles. The van der Waals surface area contributed by atoms with Gasteiger partial charge in [0, 0.05) is 0 Å². The van der Waals surface area contributed by atoms with Gasteiger partial charge in [-0.2, -0.15) is 0 Å². The highest BCUT2D eigenvalue weighted by atomic mass is 14.0. The highest BCUT2D eigenvalue weighted by Crippen LogP contribution is 2.06. The van der Waals surface area contributed by atoms with Gasteiger partial charge in [0.2, 0.25) is 0 Å². The van der Waals surface area contributed by atoms with E-state index in [1.165, 1.54) is 21.2 Å². The summed E-state index contributed by atoms with van der Waals surface area (Å²) in [6.07, 6.45) is 5.56. The summed E-state index contributed by atoms with van der Waals surface area (Å²) < 4.78 is 0. The van der Waals surface area contributed by atoms with E-state index in [0.717, 1.165) is 6.42 Å². The minimum Gasteiger partial charge on any atom is -0.0798 e. The van der Waals surface area contributed by atoms with E-state index in [9.17, 15) is 0 Å². The van der Waals surface area contributed by atoms with Crippen LogP contribution in [0.25, 0.3) is 22.9 Å². The SMILES string of the molecule is C.C.C/C=c1/ccc2ccccc2/c1=C/CC. The molecule has 0 nitrogen and oxygen atoms in total. The fraction of sp³-hybridized carbons (Fsp3) is 0.294. The van der Waals surface area contributed by atoms with Crippen molar-refractivity contribution in [2.75, 3.05) is 0 Å². The summed E-state index contributed by atoms with van der Waals surface area (Å²) in [5, 5.41) is 5.38. The van der Waals surface area contributed by atoms with Crippen LogP contribution in [0.3, 0.4) is 0 Å². The van der Waals surface area contributed by atoms with E-state index >= 15 is 0 Å². The third-order valence-corrected chi connectivity index (χ3v) is 2.72. The third-order valence-electron chi connectivity index (χ3n) is 2.72. The Morgan fingerprint density at radius 2 is 1.71 bits per heavy atom. The fourth-order valence-electron chi connectivity index (χ4n) is 2.00. The number of hydrogen-bond acceptors (Lipinski definition) is 0. The second-order valence-electron chi connectivity index (χ2n) is 3.69. The Labute approximate surface area is 105 Å². The van der Waals surface area contributed by atoms with Crippen LogP contribution in [0.1, 0.15) is 35.1 Å². The van der Waals surface area contributed by atoms with Crippen molar-refractivity contribution in [3.8, 4) is 0 Å². The Balaban J connectivity index is 0.00000128. The van der Waals surface area contributed by atoms with Crippen molar-refractivity contribution in [3.05, 3.63) is 46.8 Å². The van der Waals surface area contributed by atoms with E-state index in [-0.39, 0.29) is 14.9 Å². The molecule has 0 aliphatic heterocycles. The lowest BCUT2D eigenvalue weighted by Gasteiger charge is -1.99. The summed E-state index contributed by atoms with van der Waals surface area (Å²) in [7, 11) is 0. The summed E-state index contributed by atoms with van der Waals surface area (Å²) in [5.74, 6) is 0. The number of hydrogen-bond donors (Lipinski definition) is 0. The van der Waals surface area contributed by atoms with Gasteiger partial charge in [0.1, 0.15) is 0 Å². The molecular weight excluding hydrogens is 204 g/mol. The van der Waals surface area contributed by atoms with Crippen molar-refractivity contribution in [1.82, 2.24) is 0 Å². The van der Waals surface area contributed by atoms with E-state index in [1.807, 2.05) is 0 Å². The van der Waals surface area contributed by atoms with E-state index in [4.69, 9.17) is 0 Å². The molecule has 0 amide bonds. The van der Waals surface area contributed by atoms with Crippen LogP contribution in [-0.2, 0) is 0 Å². The van der Waals surface area contributed by atoms with Gasteiger partial charge in [0.05, 0.1) is 0 Å². The molecule has 0 fully saturated rings. The average Bonchev–Trinajstić information content (AvgIpc) is 2.30. The minimum atomic E-state index is 0. The van der Waals surface area contributed by atoms with Crippen molar-refractivity contribution in [2.45, 2.75) is 35.1 Å². The smallest absolute Gasteiger partial charge is 0.0109 e. The van der Waals surface area contributed by atoms with Gasteiger partial charge in [-0.25, -0.2) is 0 Å². The summed E-state index contributed by atoms with van der Waals surface area (Å²) >= 11 is 0. The lowest BCUT2D eigenvalue weighted by molar-refractivity contribution is 1.29. The molecule has 92 valence electrons. The van der Waals surface area contributed by atoms with Gasteiger partial charge in [-0.05, 0) is 34.6 Å². The molecule has 2 rings (SSSR count). The molecule has 0 spiro atoms. The Bertz CT molecular complexity index is 577. The molecule has 2 aromatic carbocycles. The maximum atomic E-state index is 2.30. The van der Waals surface area contributed by atoms with Crippen LogP contribution < -0.4 is 10.4 Å². The zero-order valence-corrected chi connectivity index (χ0v) is 9.33. The molecule has 2 aromatic rings. The molecular formula is C17H24. The Hall–Kier alpha value is -1.56. The topological polar surface area (TPSA) is 0 Å². The summed E-state index contributed by atoms with van der Waals surface area (Å²) in [5.41, 5.74) is 0. The van der Waals surface area contributed by atoms with E-state index in [2.05, 4.69) is 62.4 Å². The molecule has 0 aliphatic carbocycles. The highest BCUT2D eigenvalue weighted by Gasteiger charge is 1.93. The molecule has 0 unspecified atom stereocenters. The quantitative estimate of drug-likeness (QED) is 0.689. The number of benzene rings is 2. The highest BCUT2D eigenvalue weighted by molar-refractivity contribution is 5.83. The molecule has 0 aromatic heterocycles. The van der Waals surface area contributed by atoms with Crippen LogP contribution in [0.4, 0.5) is 0 Å². The Morgan fingerprint density at radius 1 is 1.00 bits per heavy atom. The molecule has 0 radical (unpaired) electrons. The van der Waals surface area contributed by atoms with Crippen LogP contribution in [0.15, 0.2) is 36.4 Å². The van der Waals surface area contributed by atoms with E-state index in [0.29, 0.717) is 0 Å². The van der Waals surface area contributed by atoms with Crippen molar-refractivity contribution in [1.29, 1.82) is 0 Å². The molecule has 0 N–H and O–H groups in total. The van der Waals surface area contributed by atoms with Gasteiger partial charge in [0.15, 0.2) is 0 Å². The van der Waals surface area contributed by atoms with Gasteiger partial charge in [-0.15, -0.1) is 0 Å². The predicted molar refractivity (Wildman–Crippen MR) is 81.6 cm³/mol. The molecule has 0 saturated heterocycles. The fourth-order valence-corrected chi connectivity index (χ4v) is 2.00. The molecule has 0 aliphatic rings. The zero-order valence-electron chi connectivity index (χ0n) is 9.33. The summed E-state index contributed by atoms with van der Waals surface area (Å²) in [6.45, 7) is 4.28. The molecule has 0 heteroatoms. The van der Waals surface area contributed by atoms with Crippen molar-refractivity contribution in [2.24, 2.45) is 0 Å². The van der Waals surface area contributed by atoms with Gasteiger partial charge in [-0.1, -0.05) is 70.3 Å². The number of fused-ring (bicyclic) bond motifs is 1. The molecule has 17 heavy (non-hydrogen) atoms. The normalized spacial score (nSPS) is 12.1. The maximum absolute atomic E-state index is 2.30. The van der Waals surface area contributed by atoms with Gasteiger partial charge >= 0.3 is 0 Å². The van der Waals surface area contributed by atoms with Crippen LogP contribution in [0, 0.1) is 0 Å². The van der Waals surface area contributed by atoms with Gasteiger partial charge < -0.3 is 0 Å². The third kappa shape index (κ3) is 2.97. The lowest BCUT2D eigenvalue weighted by Crippen LogP contribution is -2.24. The standard InChI is InChI=1S/C15H16.2CH4/c1-3-7-14-12(4-2)10-11-13-8-5-6-9-15(13)14;;/h4-11H,3H2,1-2H3;2*1H4/b12-4-,14-7+;;. The van der Waals surface area contributed by atoms with Gasteiger partial charge in [0.25, 0.3) is 0 Å². The average molecular weight is 228 g/mol. The summed E-state index contributed by atoms with van der Waals surface area (Å²) in [4.78, 5) is 0. The zero-order chi connectivity index (χ0) is 10.7. The summed E-state index contributed by atoms with van der Waals surface area (Å²) in [6, 6.07) is 13.0. The molecule has 0 bridgehead atoms. The van der Waals surface area contributed by atoms with Crippen molar-refractivity contribution in [3.63, 3.8) is 0 Å². The largest absolute Gasteiger partial charge is 0.0798 e. The monoisotopic (exact) mass is 228 g/mol. The van der Waals surface area contributed by atoms with Crippen LogP contribution >= 0.6 is 0 Å². The van der Waals surface area contributed by atoms with Gasteiger partial charge in [-0.3, -0.25) is 0 Å². The second kappa shape index (κ2) is 6.90. The first-order chi connectivity index (χ1) is 7.36. The molecule has 0 heterocycles.